The fourth-order valence-corrected chi connectivity index (χ4v) is 2.92. The van der Waals surface area contributed by atoms with Crippen molar-refractivity contribution in [3.63, 3.8) is 0 Å². The quantitative estimate of drug-likeness (QED) is 0.413. The minimum Gasteiger partial charge on any atom is -0.511 e. The van der Waals surface area contributed by atoms with Gasteiger partial charge in [-0.05, 0) is 46.5 Å². The lowest BCUT2D eigenvalue weighted by Crippen LogP contribution is -2.45. The second-order valence-electron chi connectivity index (χ2n) is 7.83. The van der Waals surface area contributed by atoms with Crippen molar-refractivity contribution in [2.45, 2.75) is 67.2 Å². The summed E-state index contributed by atoms with van der Waals surface area (Å²) >= 11 is 0. The Morgan fingerprint density at radius 2 is 1.56 bits per heavy atom. The van der Waals surface area contributed by atoms with Gasteiger partial charge in [-0.1, -0.05) is 37.1 Å². The largest absolute Gasteiger partial charge is 0.511 e. The van der Waals surface area contributed by atoms with E-state index in [0.29, 0.717) is 0 Å². The Labute approximate surface area is 150 Å². The molecule has 1 aliphatic rings. The first-order chi connectivity index (χ1) is 11.5. The van der Waals surface area contributed by atoms with Gasteiger partial charge >= 0.3 is 0 Å². The first kappa shape index (κ1) is 21.1. The van der Waals surface area contributed by atoms with Crippen molar-refractivity contribution in [2.24, 2.45) is 11.3 Å². The Morgan fingerprint density at radius 3 is 1.96 bits per heavy atom. The standard InChI is InChI=1S/C21H30O4/c1-13(2)7-9-21(10-8-14(3)4)18(24)12-17(23)19(20(21)25)16(22)11-15(5)6/h7-8,15,23H,9-12H2,1-6H3. The molecule has 0 spiro atoms. The van der Waals surface area contributed by atoms with Crippen LogP contribution < -0.4 is 0 Å². The average Bonchev–Trinajstić information content (AvgIpc) is 2.45. The van der Waals surface area contributed by atoms with E-state index in [1.807, 2.05) is 53.7 Å². The molecule has 4 nitrogen and oxygen atoms in total. The third kappa shape index (κ3) is 5.00. The predicted octanol–water partition coefficient (Wildman–Crippen LogP) is 4.65. The van der Waals surface area contributed by atoms with Gasteiger partial charge in [-0.3, -0.25) is 14.4 Å². The van der Waals surface area contributed by atoms with Crippen molar-refractivity contribution in [3.05, 3.63) is 34.6 Å². The van der Waals surface area contributed by atoms with Crippen LogP contribution in [0.1, 0.15) is 67.2 Å². The van der Waals surface area contributed by atoms with Crippen LogP contribution in [0.4, 0.5) is 0 Å². The summed E-state index contributed by atoms with van der Waals surface area (Å²) in [5.41, 5.74) is 0.553. The number of carbonyl (C=O) groups excluding carboxylic acids is 3. The molecule has 138 valence electrons. The van der Waals surface area contributed by atoms with Gasteiger partial charge in [0.25, 0.3) is 0 Å². The summed E-state index contributed by atoms with van der Waals surface area (Å²) in [6.45, 7) is 11.4. The van der Waals surface area contributed by atoms with Crippen molar-refractivity contribution in [2.75, 3.05) is 0 Å². The second kappa shape index (κ2) is 8.41. The highest BCUT2D eigenvalue weighted by molar-refractivity contribution is 6.30. The molecule has 0 amide bonds. The first-order valence-electron chi connectivity index (χ1n) is 8.81. The number of ketones is 3. The van der Waals surface area contributed by atoms with Gasteiger partial charge in [-0.15, -0.1) is 0 Å². The molecule has 0 aromatic rings. The molecular formula is C21H30O4. The van der Waals surface area contributed by atoms with Crippen molar-refractivity contribution >= 4 is 17.3 Å². The minimum absolute atomic E-state index is 0.0724. The van der Waals surface area contributed by atoms with E-state index < -0.39 is 11.2 Å². The van der Waals surface area contributed by atoms with Crippen LogP contribution in [0.3, 0.4) is 0 Å². The molecule has 0 unspecified atom stereocenters. The maximum atomic E-state index is 13.2. The van der Waals surface area contributed by atoms with E-state index in [2.05, 4.69) is 0 Å². The molecule has 0 aromatic carbocycles. The highest BCUT2D eigenvalue weighted by Crippen LogP contribution is 2.41. The summed E-state index contributed by atoms with van der Waals surface area (Å²) in [6, 6.07) is 0. The summed E-state index contributed by atoms with van der Waals surface area (Å²) in [6.07, 6.45) is 4.16. The van der Waals surface area contributed by atoms with Crippen molar-refractivity contribution < 1.29 is 19.5 Å². The molecule has 0 saturated carbocycles. The molecule has 0 bridgehead atoms. The molecule has 25 heavy (non-hydrogen) atoms. The Bertz CT molecular complexity index is 631. The van der Waals surface area contributed by atoms with Crippen LogP contribution in [0.25, 0.3) is 0 Å². The normalized spacial score (nSPS) is 16.9. The molecule has 0 fully saturated rings. The Hall–Kier alpha value is -1.97. The van der Waals surface area contributed by atoms with Gasteiger partial charge in [-0.25, -0.2) is 0 Å². The number of rotatable bonds is 7. The molecule has 1 aliphatic carbocycles. The number of aliphatic hydroxyl groups excluding tert-OH is 1. The molecule has 0 atom stereocenters. The summed E-state index contributed by atoms with van der Waals surface area (Å²) in [7, 11) is 0. The zero-order valence-corrected chi connectivity index (χ0v) is 16.2. The number of hydrogen-bond donors (Lipinski definition) is 1. The maximum Gasteiger partial charge on any atom is 0.184 e. The van der Waals surface area contributed by atoms with E-state index in [1.165, 1.54) is 0 Å². The van der Waals surface area contributed by atoms with E-state index >= 15 is 0 Å². The van der Waals surface area contributed by atoms with Gasteiger partial charge in [0, 0.05) is 6.42 Å². The molecule has 0 aromatic heterocycles. The van der Waals surface area contributed by atoms with Crippen molar-refractivity contribution in [3.8, 4) is 0 Å². The van der Waals surface area contributed by atoms with Crippen LogP contribution in [0.5, 0.6) is 0 Å². The van der Waals surface area contributed by atoms with Gasteiger partial charge in [0.1, 0.15) is 5.76 Å². The number of aliphatic hydroxyl groups is 1. The Kier molecular flexibility index (Phi) is 7.09. The van der Waals surface area contributed by atoms with Gasteiger partial charge in [0.15, 0.2) is 17.3 Å². The number of allylic oxidation sites excluding steroid dienone is 6. The maximum absolute atomic E-state index is 13.2. The number of carbonyl (C=O) groups is 3. The van der Waals surface area contributed by atoms with E-state index in [9.17, 15) is 19.5 Å². The topological polar surface area (TPSA) is 71.4 Å². The second-order valence-corrected chi connectivity index (χ2v) is 7.83. The fraction of sp³-hybridized carbons (Fsp3) is 0.571. The van der Waals surface area contributed by atoms with E-state index in [0.717, 1.165) is 11.1 Å². The zero-order chi connectivity index (χ0) is 19.4. The van der Waals surface area contributed by atoms with Gasteiger partial charge in [0.2, 0.25) is 0 Å². The average molecular weight is 346 g/mol. The van der Waals surface area contributed by atoms with Crippen LogP contribution in [-0.4, -0.2) is 22.5 Å². The first-order valence-corrected chi connectivity index (χ1v) is 8.81. The minimum atomic E-state index is -1.29. The lowest BCUT2D eigenvalue weighted by Gasteiger charge is -2.34. The van der Waals surface area contributed by atoms with Crippen LogP contribution in [0, 0.1) is 11.3 Å². The zero-order valence-electron chi connectivity index (χ0n) is 16.2. The van der Waals surface area contributed by atoms with E-state index in [1.54, 1.807) is 0 Å². The molecular weight excluding hydrogens is 316 g/mol. The Morgan fingerprint density at radius 1 is 1.08 bits per heavy atom. The predicted molar refractivity (Wildman–Crippen MR) is 99.3 cm³/mol. The van der Waals surface area contributed by atoms with E-state index in [4.69, 9.17) is 0 Å². The number of hydrogen-bond acceptors (Lipinski definition) is 4. The lowest BCUT2D eigenvalue weighted by molar-refractivity contribution is -0.140. The van der Waals surface area contributed by atoms with Crippen LogP contribution in [0.2, 0.25) is 0 Å². The van der Waals surface area contributed by atoms with Gasteiger partial charge < -0.3 is 5.11 Å². The van der Waals surface area contributed by atoms with Crippen molar-refractivity contribution in [1.29, 1.82) is 0 Å². The monoisotopic (exact) mass is 346 g/mol. The summed E-state index contributed by atoms with van der Waals surface area (Å²) in [5.74, 6) is -1.51. The molecule has 0 aliphatic heterocycles. The van der Waals surface area contributed by atoms with Gasteiger partial charge in [0.05, 0.1) is 17.4 Å². The lowest BCUT2D eigenvalue weighted by atomic mass is 9.65. The molecule has 0 radical (unpaired) electrons. The molecule has 4 heteroatoms. The summed E-state index contributed by atoms with van der Waals surface area (Å²) < 4.78 is 0. The van der Waals surface area contributed by atoms with Crippen LogP contribution in [0.15, 0.2) is 34.6 Å². The number of Topliss-reactive ketones (excluding diaryl/α,β-unsaturated/α-hetero) is 3. The SMILES string of the molecule is CC(C)=CCC1(CC=C(C)C)C(=O)CC(O)=C(C(=O)CC(C)C)C1=O. The third-order valence-electron chi connectivity index (χ3n) is 4.40. The Balaban J connectivity index is 3.42. The highest BCUT2D eigenvalue weighted by atomic mass is 16.3. The molecule has 1 rings (SSSR count). The van der Waals surface area contributed by atoms with E-state index in [-0.39, 0.29) is 54.5 Å². The van der Waals surface area contributed by atoms with Gasteiger partial charge in [-0.2, -0.15) is 0 Å². The van der Waals surface area contributed by atoms with Crippen LogP contribution in [-0.2, 0) is 14.4 Å². The molecule has 0 saturated heterocycles. The van der Waals surface area contributed by atoms with Crippen LogP contribution >= 0.6 is 0 Å². The summed E-state index contributed by atoms with van der Waals surface area (Å²) in [4.78, 5) is 38.5. The highest BCUT2D eigenvalue weighted by Gasteiger charge is 2.50. The fourth-order valence-electron chi connectivity index (χ4n) is 2.92. The molecule has 1 N–H and O–H groups in total. The summed E-state index contributed by atoms with van der Waals surface area (Å²) in [5, 5.41) is 10.2. The smallest absolute Gasteiger partial charge is 0.184 e. The molecule has 0 heterocycles. The van der Waals surface area contributed by atoms with Crippen molar-refractivity contribution in [1.82, 2.24) is 0 Å². The third-order valence-corrected chi connectivity index (χ3v) is 4.40.